The van der Waals surface area contributed by atoms with E-state index in [9.17, 15) is 4.39 Å². The number of hydrogen-bond acceptors (Lipinski definition) is 1. The Hall–Kier alpha value is -1.09. The number of hydrogen-bond donors (Lipinski definition) is 0. The van der Waals surface area contributed by atoms with E-state index in [1.165, 1.54) is 12.5 Å². The molecule has 2 aromatic rings. The molecule has 1 aromatic heterocycles. The highest BCUT2D eigenvalue weighted by atomic mass is 35.5. The van der Waals surface area contributed by atoms with Crippen LogP contribution in [0.15, 0.2) is 18.2 Å². The molecule has 0 radical (unpaired) electrons. The number of rotatable bonds is 3. The summed E-state index contributed by atoms with van der Waals surface area (Å²) in [6.07, 6.45) is 4.24. The highest BCUT2D eigenvalue weighted by Crippen LogP contribution is 2.38. The van der Waals surface area contributed by atoms with Gasteiger partial charge in [0.15, 0.2) is 0 Å². The summed E-state index contributed by atoms with van der Waals surface area (Å²) in [6, 6.07) is 5.29. The van der Waals surface area contributed by atoms with Crippen LogP contribution < -0.4 is 0 Å². The Kier molecular flexibility index (Phi) is 4.21. The van der Waals surface area contributed by atoms with Crippen LogP contribution in [0.1, 0.15) is 45.0 Å². The molecular formula is C17H22ClFN2. The van der Waals surface area contributed by atoms with Crippen molar-refractivity contribution < 1.29 is 4.39 Å². The second kappa shape index (κ2) is 5.96. The molecule has 0 aliphatic heterocycles. The lowest BCUT2D eigenvalue weighted by Crippen LogP contribution is -2.24. The molecule has 2 nitrogen and oxygen atoms in total. The van der Waals surface area contributed by atoms with Gasteiger partial charge in [-0.3, -0.25) is 0 Å². The third-order valence-electron chi connectivity index (χ3n) is 4.98. The Morgan fingerprint density at radius 3 is 2.81 bits per heavy atom. The van der Waals surface area contributed by atoms with E-state index >= 15 is 0 Å². The van der Waals surface area contributed by atoms with Crippen molar-refractivity contribution in [2.45, 2.75) is 45.6 Å². The van der Waals surface area contributed by atoms with Gasteiger partial charge in [-0.05, 0) is 49.3 Å². The first-order chi connectivity index (χ1) is 10.1. The van der Waals surface area contributed by atoms with E-state index in [1.807, 2.05) is 0 Å². The molecule has 0 bridgehead atoms. The van der Waals surface area contributed by atoms with Crippen molar-refractivity contribution in [3.63, 3.8) is 0 Å². The van der Waals surface area contributed by atoms with Crippen LogP contribution in [0.4, 0.5) is 4.39 Å². The van der Waals surface area contributed by atoms with Gasteiger partial charge < -0.3 is 4.57 Å². The van der Waals surface area contributed by atoms with E-state index in [1.54, 1.807) is 12.1 Å². The monoisotopic (exact) mass is 308 g/mol. The van der Waals surface area contributed by atoms with E-state index in [4.69, 9.17) is 11.6 Å². The number of halogens is 2. The molecule has 0 N–H and O–H groups in total. The minimum Gasteiger partial charge on any atom is -0.325 e. The fourth-order valence-electron chi connectivity index (χ4n) is 3.54. The van der Waals surface area contributed by atoms with Gasteiger partial charge in [-0.1, -0.05) is 13.8 Å². The highest BCUT2D eigenvalue weighted by molar-refractivity contribution is 6.17. The lowest BCUT2D eigenvalue weighted by molar-refractivity contribution is 0.211. The lowest BCUT2D eigenvalue weighted by Gasteiger charge is -2.34. The molecule has 1 aromatic carbocycles. The summed E-state index contributed by atoms with van der Waals surface area (Å²) < 4.78 is 15.9. The normalized spacial score (nSPS) is 26.4. The van der Waals surface area contributed by atoms with Crippen molar-refractivity contribution in [2.24, 2.45) is 11.8 Å². The quantitative estimate of drug-likeness (QED) is 0.733. The van der Waals surface area contributed by atoms with E-state index in [0.717, 1.165) is 42.0 Å². The second-order valence-electron chi connectivity index (χ2n) is 6.39. The molecule has 4 heteroatoms. The molecule has 0 amide bonds. The van der Waals surface area contributed by atoms with Crippen LogP contribution in [-0.4, -0.2) is 15.4 Å². The van der Waals surface area contributed by atoms with Gasteiger partial charge in [0.1, 0.15) is 11.6 Å². The number of nitrogens with zero attached hydrogens (tertiary/aromatic N) is 2. The summed E-state index contributed by atoms with van der Waals surface area (Å²) in [7, 11) is 0. The third kappa shape index (κ3) is 2.80. The molecule has 1 aliphatic rings. The predicted molar refractivity (Wildman–Crippen MR) is 85.3 cm³/mol. The number of alkyl halides is 1. The van der Waals surface area contributed by atoms with Crippen molar-refractivity contribution in [1.29, 1.82) is 0 Å². The van der Waals surface area contributed by atoms with E-state index < -0.39 is 0 Å². The van der Waals surface area contributed by atoms with Gasteiger partial charge >= 0.3 is 0 Å². The molecule has 0 saturated heterocycles. The van der Waals surface area contributed by atoms with Crippen LogP contribution in [0.2, 0.25) is 0 Å². The largest absolute Gasteiger partial charge is 0.325 e. The second-order valence-corrected chi connectivity index (χ2v) is 6.77. The maximum atomic E-state index is 13.7. The average molecular weight is 309 g/mol. The Bertz CT molecular complexity index is 637. The van der Waals surface area contributed by atoms with Crippen molar-refractivity contribution >= 4 is 22.6 Å². The number of fused-ring (bicyclic) bond motifs is 1. The van der Waals surface area contributed by atoms with E-state index in [2.05, 4.69) is 23.4 Å². The number of aryl methyl sites for hydroxylation is 1. The molecule has 3 atom stereocenters. The number of benzene rings is 1. The van der Waals surface area contributed by atoms with Gasteiger partial charge in [0.05, 0.1) is 11.0 Å². The Labute approximate surface area is 130 Å². The first-order valence-corrected chi connectivity index (χ1v) is 8.36. The highest BCUT2D eigenvalue weighted by Gasteiger charge is 2.28. The van der Waals surface area contributed by atoms with Gasteiger partial charge in [0.2, 0.25) is 0 Å². The molecule has 21 heavy (non-hydrogen) atoms. The maximum absolute atomic E-state index is 13.7. The molecule has 114 valence electrons. The van der Waals surface area contributed by atoms with Crippen molar-refractivity contribution in [1.82, 2.24) is 9.55 Å². The van der Waals surface area contributed by atoms with Gasteiger partial charge in [-0.2, -0.15) is 0 Å². The van der Waals surface area contributed by atoms with Crippen LogP contribution in [0.5, 0.6) is 0 Å². The van der Waals surface area contributed by atoms with Crippen LogP contribution in [0.3, 0.4) is 0 Å². The lowest BCUT2D eigenvalue weighted by atomic mass is 9.79. The topological polar surface area (TPSA) is 17.8 Å². The minimum absolute atomic E-state index is 0.196. The van der Waals surface area contributed by atoms with Crippen LogP contribution in [-0.2, 0) is 6.42 Å². The molecule has 3 rings (SSSR count). The van der Waals surface area contributed by atoms with Crippen LogP contribution >= 0.6 is 11.6 Å². The minimum atomic E-state index is -0.196. The maximum Gasteiger partial charge on any atom is 0.125 e. The predicted octanol–water partition coefficient (Wildman–Crippen LogP) is 4.95. The van der Waals surface area contributed by atoms with E-state index in [-0.39, 0.29) is 5.82 Å². The fraction of sp³-hybridized carbons (Fsp3) is 0.588. The summed E-state index contributed by atoms with van der Waals surface area (Å²) in [6.45, 7) is 4.64. The summed E-state index contributed by atoms with van der Waals surface area (Å²) >= 11 is 5.93. The zero-order chi connectivity index (χ0) is 15.0. The SMILES string of the molecule is CC1CCC(n2c(CCCl)nc3ccc(F)cc32)CC1C. The Morgan fingerprint density at radius 1 is 1.29 bits per heavy atom. The van der Waals surface area contributed by atoms with Gasteiger partial charge in [0, 0.05) is 18.3 Å². The standard InChI is InChI=1S/C17H22ClFN2/c1-11-3-5-14(9-12(11)2)21-16-10-13(19)4-6-15(16)20-17(21)7-8-18/h4,6,10-12,14H,3,5,7-9H2,1-2H3. The summed E-state index contributed by atoms with van der Waals surface area (Å²) in [5, 5.41) is 0. The zero-order valence-electron chi connectivity index (χ0n) is 12.6. The van der Waals surface area contributed by atoms with Gasteiger partial charge in [-0.25, -0.2) is 9.37 Å². The Balaban J connectivity index is 2.06. The molecule has 1 heterocycles. The van der Waals surface area contributed by atoms with Crippen molar-refractivity contribution in [3.05, 3.63) is 29.8 Å². The fourth-order valence-corrected chi connectivity index (χ4v) is 3.71. The number of aromatic nitrogens is 2. The first-order valence-electron chi connectivity index (χ1n) is 7.82. The van der Waals surface area contributed by atoms with Crippen LogP contribution in [0, 0.1) is 17.7 Å². The van der Waals surface area contributed by atoms with Crippen LogP contribution in [0.25, 0.3) is 11.0 Å². The third-order valence-corrected chi connectivity index (χ3v) is 5.17. The molecule has 1 saturated carbocycles. The molecule has 3 unspecified atom stereocenters. The van der Waals surface area contributed by atoms with Crippen molar-refractivity contribution in [2.75, 3.05) is 5.88 Å². The zero-order valence-corrected chi connectivity index (χ0v) is 13.4. The van der Waals surface area contributed by atoms with E-state index in [0.29, 0.717) is 17.8 Å². The van der Waals surface area contributed by atoms with Crippen molar-refractivity contribution in [3.8, 4) is 0 Å². The summed E-state index contributed by atoms with van der Waals surface area (Å²) in [5.41, 5.74) is 1.80. The molecule has 1 aliphatic carbocycles. The molecule has 1 fully saturated rings. The Morgan fingerprint density at radius 2 is 2.10 bits per heavy atom. The molecule has 0 spiro atoms. The average Bonchev–Trinajstić information content (AvgIpc) is 2.80. The van der Waals surface area contributed by atoms with Gasteiger partial charge in [-0.15, -0.1) is 11.6 Å². The first kappa shape index (κ1) is 14.8. The number of imidazole rings is 1. The summed E-state index contributed by atoms with van der Waals surface area (Å²) in [4.78, 5) is 4.67. The smallest absolute Gasteiger partial charge is 0.125 e. The van der Waals surface area contributed by atoms with Gasteiger partial charge in [0.25, 0.3) is 0 Å². The molecular weight excluding hydrogens is 287 g/mol. The summed E-state index contributed by atoms with van der Waals surface area (Å²) in [5.74, 6) is 2.81.